The molecule has 3 aromatic rings. The molecule has 0 fully saturated rings. The predicted molar refractivity (Wildman–Crippen MR) is 117 cm³/mol. The van der Waals surface area contributed by atoms with Crippen molar-refractivity contribution in [1.29, 1.82) is 0 Å². The number of halogens is 1. The molecule has 7 nitrogen and oxygen atoms in total. The van der Waals surface area contributed by atoms with Gasteiger partial charge in [0, 0.05) is 33.6 Å². The third-order valence-corrected chi connectivity index (χ3v) is 4.92. The molecule has 0 radical (unpaired) electrons. The third-order valence-electron chi connectivity index (χ3n) is 4.69. The van der Waals surface area contributed by atoms with Crippen molar-refractivity contribution in [3.8, 4) is 22.9 Å². The van der Waals surface area contributed by atoms with Gasteiger partial charge in [-0.05, 0) is 38.1 Å². The molecule has 0 spiro atoms. The number of hydrogen-bond acceptors (Lipinski definition) is 5. The molecule has 2 aromatic carbocycles. The lowest BCUT2D eigenvalue weighted by Gasteiger charge is -2.15. The maximum atomic E-state index is 12.9. The summed E-state index contributed by atoms with van der Waals surface area (Å²) in [4.78, 5) is 30.2. The predicted octanol–water partition coefficient (Wildman–Crippen LogP) is 3.84. The van der Waals surface area contributed by atoms with Gasteiger partial charge >= 0.3 is 0 Å². The molecular weight excluding hydrogens is 406 g/mol. The number of carbonyl (C=O) groups excluding carboxylic acids is 1. The Morgan fingerprint density at radius 1 is 1.10 bits per heavy atom. The van der Waals surface area contributed by atoms with Crippen LogP contribution in [0.15, 0.2) is 47.3 Å². The second-order valence-electron chi connectivity index (χ2n) is 6.67. The van der Waals surface area contributed by atoms with Crippen LogP contribution in [0.25, 0.3) is 11.4 Å². The number of benzene rings is 2. The fourth-order valence-electron chi connectivity index (χ4n) is 3.01. The van der Waals surface area contributed by atoms with Crippen LogP contribution in [-0.2, 0) is 11.3 Å². The van der Waals surface area contributed by atoms with Crippen LogP contribution in [0.5, 0.6) is 11.5 Å². The molecular formula is C22H22ClN3O4. The summed E-state index contributed by atoms with van der Waals surface area (Å²) in [6, 6.07) is 12.0. The number of aryl methyl sites for hydroxylation is 1. The van der Waals surface area contributed by atoms with E-state index in [1.807, 2.05) is 0 Å². The van der Waals surface area contributed by atoms with Gasteiger partial charge in [-0.2, -0.15) is 0 Å². The highest BCUT2D eigenvalue weighted by molar-refractivity contribution is 6.30. The molecule has 1 heterocycles. The van der Waals surface area contributed by atoms with E-state index < -0.39 is 0 Å². The van der Waals surface area contributed by atoms with Crippen molar-refractivity contribution in [2.45, 2.75) is 20.4 Å². The lowest BCUT2D eigenvalue weighted by atomic mass is 10.1. The minimum atomic E-state index is -0.377. The number of nitrogens with one attached hydrogen (secondary N) is 1. The van der Waals surface area contributed by atoms with Crippen molar-refractivity contribution in [1.82, 2.24) is 9.55 Å². The highest BCUT2D eigenvalue weighted by Crippen LogP contribution is 2.29. The summed E-state index contributed by atoms with van der Waals surface area (Å²) in [5.74, 6) is 1.04. The Hall–Kier alpha value is -3.32. The lowest BCUT2D eigenvalue weighted by Crippen LogP contribution is -2.31. The first-order valence-corrected chi connectivity index (χ1v) is 9.57. The van der Waals surface area contributed by atoms with Gasteiger partial charge in [-0.15, -0.1) is 0 Å². The second kappa shape index (κ2) is 9.00. The van der Waals surface area contributed by atoms with E-state index in [1.165, 1.54) is 18.8 Å². The van der Waals surface area contributed by atoms with E-state index >= 15 is 0 Å². The number of anilines is 1. The van der Waals surface area contributed by atoms with Gasteiger partial charge in [-0.1, -0.05) is 23.7 Å². The summed E-state index contributed by atoms with van der Waals surface area (Å²) in [6.45, 7) is 3.25. The smallest absolute Gasteiger partial charge is 0.257 e. The molecule has 0 atom stereocenters. The maximum Gasteiger partial charge on any atom is 0.257 e. The standard InChI is InChI=1S/C22H22ClN3O4/c1-13-14(2)24-21(15-6-5-7-16(23)10-15)26(22(13)28)12-20(27)25-17-8-9-18(29-3)19(11-17)30-4/h5-11H,12H2,1-4H3,(H,25,27). The monoisotopic (exact) mass is 427 g/mol. The van der Waals surface area contributed by atoms with E-state index in [2.05, 4.69) is 10.3 Å². The third kappa shape index (κ3) is 4.46. The molecule has 0 aliphatic heterocycles. The molecule has 0 bridgehead atoms. The van der Waals surface area contributed by atoms with Crippen LogP contribution in [0.4, 0.5) is 5.69 Å². The van der Waals surface area contributed by atoms with Crippen LogP contribution in [-0.4, -0.2) is 29.7 Å². The van der Waals surface area contributed by atoms with E-state index in [9.17, 15) is 9.59 Å². The van der Waals surface area contributed by atoms with Crippen molar-refractivity contribution >= 4 is 23.2 Å². The molecule has 0 unspecified atom stereocenters. The number of aromatic nitrogens is 2. The fraction of sp³-hybridized carbons (Fsp3) is 0.227. The summed E-state index contributed by atoms with van der Waals surface area (Å²) in [5.41, 5.74) is 1.99. The lowest BCUT2D eigenvalue weighted by molar-refractivity contribution is -0.116. The van der Waals surface area contributed by atoms with Gasteiger partial charge in [0.2, 0.25) is 5.91 Å². The van der Waals surface area contributed by atoms with Crippen LogP contribution in [0.2, 0.25) is 5.02 Å². The van der Waals surface area contributed by atoms with Crippen molar-refractivity contribution in [3.05, 3.63) is 69.1 Å². The molecule has 30 heavy (non-hydrogen) atoms. The SMILES string of the molecule is COc1ccc(NC(=O)Cn2c(-c3cccc(Cl)c3)nc(C)c(C)c2=O)cc1OC. The largest absolute Gasteiger partial charge is 0.493 e. The van der Waals surface area contributed by atoms with Gasteiger partial charge in [0.15, 0.2) is 11.5 Å². The van der Waals surface area contributed by atoms with Gasteiger partial charge in [0.25, 0.3) is 5.56 Å². The molecule has 1 amide bonds. The number of ether oxygens (including phenoxy) is 2. The molecule has 0 saturated carbocycles. The normalized spacial score (nSPS) is 10.6. The van der Waals surface area contributed by atoms with Crippen molar-refractivity contribution in [2.75, 3.05) is 19.5 Å². The fourth-order valence-corrected chi connectivity index (χ4v) is 3.20. The van der Waals surface area contributed by atoms with Gasteiger partial charge in [0.05, 0.1) is 14.2 Å². The van der Waals surface area contributed by atoms with E-state index in [0.29, 0.717) is 44.9 Å². The number of hydrogen-bond donors (Lipinski definition) is 1. The number of rotatable bonds is 6. The zero-order valence-electron chi connectivity index (χ0n) is 17.2. The average Bonchev–Trinajstić information content (AvgIpc) is 2.73. The summed E-state index contributed by atoms with van der Waals surface area (Å²) in [5, 5.41) is 3.29. The van der Waals surface area contributed by atoms with Gasteiger partial charge in [-0.3, -0.25) is 14.2 Å². The molecule has 0 aliphatic rings. The Balaban J connectivity index is 1.95. The van der Waals surface area contributed by atoms with Crippen LogP contribution in [0, 0.1) is 13.8 Å². The molecule has 1 N–H and O–H groups in total. The Bertz CT molecular complexity index is 1160. The highest BCUT2D eigenvalue weighted by atomic mass is 35.5. The first-order chi connectivity index (χ1) is 14.3. The number of carbonyl (C=O) groups is 1. The van der Waals surface area contributed by atoms with Crippen LogP contribution < -0.4 is 20.3 Å². The van der Waals surface area contributed by atoms with E-state index in [-0.39, 0.29) is 18.0 Å². The van der Waals surface area contributed by atoms with Crippen molar-refractivity contribution in [2.24, 2.45) is 0 Å². The van der Waals surface area contributed by atoms with Gasteiger partial charge in [0.1, 0.15) is 12.4 Å². The van der Waals surface area contributed by atoms with Crippen LogP contribution in [0.3, 0.4) is 0 Å². The summed E-state index contributed by atoms with van der Waals surface area (Å²) in [6.07, 6.45) is 0. The van der Waals surface area contributed by atoms with Crippen molar-refractivity contribution < 1.29 is 14.3 Å². The minimum Gasteiger partial charge on any atom is -0.493 e. The zero-order valence-corrected chi connectivity index (χ0v) is 17.9. The quantitative estimate of drug-likeness (QED) is 0.646. The van der Waals surface area contributed by atoms with E-state index in [0.717, 1.165) is 0 Å². The molecule has 0 aliphatic carbocycles. The average molecular weight is 428 g/mol. The van der Waals surface area contributed by atoms with Crippen molar-refractivity contribution in [3.63, 3.8) is 0 Å². The first kappa shape index (κ1) is 21.4. The Morgan fingerprint density at radius 3 is 2.50 bits per heavy atom. The van der Waals surface area contributed by atoms with Crippen LogP contribution >= 0.6 is 11.6 Å². The molecule has 3 rings (SSSR count). The summed E-state index contributed by atoms with van der Waals surface area (Å²) < 4.78 is 11.8. The highest BCUT2D eigenvalue weighted by Gasteiger charge is 2.17. The Morgan fingerprint density at radius 2 is 1.83 bits per heavy atom. The zero-order chi connectivity index (χ0) is 21.8. The minimum absolute atomic E-state index is 0.205. The molecule has 156 valence electrons. The first-order valence-electron chi connectivity index (χ1n) is 9.20. The Kier molecular flexibility index (Phi) is 6.42. The van der Waals surface area contributed by atoms with E-state index in [1.54, 1.807) is 56.3 Å². The molecule has 1 aromatic heterocycles. The topological polar surface area (TPSA) is 82.5 Å². The molecule has 8 heteroatoms. The number of amides is 1. The second-order valence-corrected chi connectivity index (χ2v) is 7.10. The number of nitrogens with zero attached hydrogens (tertiary/aromatic N) is 2. The number of methoxy groups -OCH3 is 2. The summed E-state index contributed by atoms with van der Waals surface area (Å²) in [7, 11) is 3.05. The van der Waals surface area contributed by atoms with E-state index in [4.69, 9.17) is 21.1 Å². The van der Waals surface area contributed by atoms with Crippen LogP contribution in [0.1, 0.15) is 11.3 Å². The Labute approximate surface area is 179 Å². The molecule has 0 saturated heterocycles. The van der Waals surface area contributed by atoms with Gasteiger partial charge in [-0.25, -0.2) is 4.98 Å². The summed E-state index contributed by atoms with van der Waals surface area (Å²) >= 11 is 6.11. The van der Waals surface area contributed by atoms with Gasteiger partial charge < -0.3 is 14.8 Å². The maximum absolute atomic E-state index is 12.9.